The van der Waals surface area contributed by atoms with Crippen LogP contribution in [0.1, 0.15) is 5.56 Å². The van der Waals surface area contributed by atoms with E-state index < -0.39 is 0 Å². The lowest BCUT2D eigenvalue weighted by molar-refractivity contribution is 0.415. The molecule has 0 saturated carbocycles. The van der Waals surface area contributed by atoms with Gasteiger partial charge in [-0.3, -0.25) is 0 Å². The number of thiazole rings is 1. The van der Waals surface area contributed by atoms with Gasteiger partial charge in [0.1, 0.15) is 22.6 Å². The van der Waals surface area contributed by atoms with Gasteiger partial charge in [0.15, 0.2) is 0 Å². The molecule has 2 aromatic heterocycles. The van der Waals surface area contributed by atoms with Gasteiger partial charge in [-0.1, -0.05) is 24.3 Å². The maximum Gasteiger partial charge on any atom is 0.134 e. The number of pyridine rings is 1. The van der Waals surface area contributed by atoms with E-state index in [9.17, 15) is 5.26 Å². The summed E-state index contributed by atoms with van der Waals surface area (Å²) >= 11 is 1.54. The van der Waals surface area contributed by atoms with Crippen LogP contribution in [0.2, 0.25) is 0 Å². The van der Waals surface area contributed by atoms with E-state index >= 15 is 0 Å². The average Bonchev–Trinajstić information content (AvgIpc) is 3.11. The lowest BCUT2D eigenvalue weighted by Crippen LogP contribution is -1.99. The Morgan fingerprint density at radius 1 is 1.08 bits per heavy atom. The molecule has 0 bridgehead atoms. The number of fused-ring (bicyclic) bond motifs is 1. The largest absolute Gasteiger partial charge is 0.497 e. The third kappa shape index (κ3) is 2.65. The topological polar surface area (TPSA) is 84.8 Å². The first-order valence-electron chi connectivity index (χ1n) is 7.90. The molecule has 0 aliphatic carbocycles. The molecule has 0 fully saturated rings. The van der Waals surface area contributed by atoms with E-state index in [2.05, 4.69) is 11.1 Å². The number of nitrogens with two attached hydrogens (primary N) is 1. The Bertz CT molecular complexity index is 1110. The summed E-state index contributed by atoms with van der Waals surface area (Å²) in [7, 11) is 1.62. The number of nitriles is 1. The van der Waals surface area contributed by atoms with Crippen LogP contribution in [0.25, 0.3) is 31.9 Å². The van der Waals surface area contributed by atoms with Crippen LogP contribution in [0.3, 0.4) is 0 Å². The molecular weight excluding hydrogens is 344 g/mol. The molecule has 0 amide bonds. The number of anilines is 1. The molecule has 0 atom stereocenters. The molecule has 4 rings (SSSR count). The van der Waals surface area contributed by atoms with Crippen LogP contribution in [0, 0.1) is 11.3 Å². The van der Waals surface area contributed by atoms with Crippen molar-refractivity contribution in [2.24, 2.45) is 0 Å². The minimum atomic E-state index is 0.355. The van der Waals surface area contributed by atoms with Crippen LogP contribution in [0.15, 0.2) is 54.7 Å². The van der Waals surface area contributed by atoms with Crippen molar-refractivity contribution < 1.29 is 4.74 Å². The average molecular weight is 358 g/mol. The van der Waals surface area contributed by atoms with Crippen molar-refractivity contribution in [1.82, 2.24) is 9.97 Å². The molecule has 6 heteroatoms. The lowest BCUT2D eigenvalue weighted by Gasteiger charge is -2.12. The molecule has 2 N–H and O–H groups in total. The molecule has 0 aliphatic heterocycles. The smallest absolute Gasteiger partial charge is 0.134 e. The Labute approximate surface area is 154 Å². The summed E-state index contributed by atoms with van der Waals surface area (Å²) in [5.41, 5.74) is 9.86. The van der Waals surface area contributed by atoms with E-state index in [-0.39, 0.29) is 0 Å². The summed E-state index contributed by atoms with van der Waals surface area (Å²) in [6, 6.07) is 17.6. The van der Waals surface area contributed by atoms with Crippen molar-refractivity contribution in [3.05, 3.63) is 60.3 Å². The van der Waals surface area contributed by atoms with E-state index in [0.717, 1.165) is 32.1 Å². The second-order valence-corrected chi connectivity index (χ2v) is 6.66. The molecule has 0 radical (unpaired) electrons. The molecule has 126 valence electrons. The van der Waals surface area contributed by atoms with Gasteiger partial charge in [0, 0.05) is 11.8 Å². The Hall–Kier alpha value is -3.43. The molecule has 0 saturated heterocycles. The normalized spacial score (nSPS) is 10.6. The summed E-state index contributed by atoms with van der Waals surface area (Å²) in [6.07, 6.45) is 1.51. The summed E-state index contributed by atoms with van der Waals surface area (Å²) < 4.78 is 6.29. The van der Waals surface area contributed by atoms with E-state index in [1.165, 1.54) is 17.5 Å². The Kier molecular flexibility index (Phi) is 3.99. The number of methoxy groups -OCH3 is 1. The third-order valence-corrected chi connectivity index (χ3v) is 5.17. The standard InChI is InChI=1S/C20H14N4OS/c1-25-14-8-6-12(7-9-14)17-13(10-21)11-23-19(22)18(17)20-24-15-4-2-3-5-16(15)26-20/h2-9,11H,1H3,(H2,22,23). The van der Waals surface area contributed by atoms with Crippen molar-refractivity contribution in [1.29, 1.82) is 5.26 Å². The number of benzene rings is 2. The highest BCUT2D eigenvalue weighted by molar-refractivity contribution is 7.21. The van der Waals surface area contributed by atoms with Gasteiger partial charge in [0.25, 0.3) is 0 Å². The highest BCUT2D eigenvalue weighted by Gasteiger charge is 2.20. The van der Waals surface area contributed by atoms with Crippen LogP contribution in [0.5, 0.6) is 5.75 Å². The van der Waals surface area contributed by atoms with E-state index in [1.807, 2.05) is 48.5 Å². The van der Waals surface area contributed by atoms with Gasteiger partial charge < -0.3 is 10.5 Å². The molecule has 2 aromatic carbocycles. The zero-order valence-corrected chi connectivity index (χ0v) is 14.7. The van der Waals surface area contributed by atoms with Crippen LogP contribution in [-0.2, 0) is 0 Å². The fourth-order valence-corrected chi connectivity index (χ4v) is 3.89. The first-order valence-corrected chi connectivity index (χ1v) is 8.72. The molecule has 2 heterocycles. The number of rotatable bonds is 3. The predicted molar refractivity (Wildman–Crippen MR) is 104 cm³/mol. The maximum atomic E-state index is 9.61. The van der Waals surface area contributed by atoms with Crippen molar-refractivity contribution >= 4 is 27.4 Å². The number of aromatic nitrogens is 2. The number of hydrogen-bond donors (Lipinski definition) is 1. The minimum Gasteiger partial charge on any atom is -0.497 e. The predicted octanol–water partition coefficient (Wildman–Crippen LogP) is 4.49. The second kappa shape index (κ2) is 6.47. The summed E-state index contributed by atoms with van der Waals surface area (Å²) in [5.74, 6) is 1.10. The zero-order chi connectivity index (χ0) is 18.1. The van der Waals surface area contributed by atoms with Crippen LogP contribution in [-0.4, -0.2) is 17.1 Å². The fourth-order valence-electron chi connectivity index (χ4n) is 2.86. The van der Waals surface area contributed by atoms with Gasteiger partial charge in [-0.25, -0.2) is 9.97 Å². The van der Waals surface area contributed by atoms with E-state index in [0.29, 0.717) is 16.9 Å². The molecule has 5 nitrogen and oxygen atoms in total. The SMILES string of the molecule is COc1ccc(-c2c(C#N)cnc(N)c2-c2nc3ccccc3s2)cc1. The minimum absolute atomic E-state index is 0.355. The first kappa shape index (κ1) is 16.1. The van der Waals surface area contributed by atoms with Gasteiger partial charge in [0.2, 0.25) is 0 Å². The van der Waals surface area contributed by atoms with Crippen LogP contribution < -0.4 is 10.5 Å². The number of ether oxygens (including phenoxy) is 1. The molecule has 0 unspecified atom stereocenters. The lowest BCUT2D eigenvalue weighted by atomic mass is 9.96. The number of para-hydroxylation sites is 1. The van der Waals surface area contributed by atoms with Gasteiger partial charge in [-0.05, 0) is 29.8 Å². The quantitative estimate of drug-likeness (QED) is 0.583. The van der Waals surface area contributed by atoms with Gasteiger partial charge >= 0.3 is 0 Å². The van der Waals surface area contributed by atoms with Gasteiger partial charge in [0.05, 0.1) is 28.5 Å². The molecule has 0 spiro atoms. The fraction of sp³-hybridized carbons (Fsp3) is 0.0500. The van der Waals surface area contributed by atoms with Crippen molar-refractivity contribution in [3.8, 4) is 33.5 Å². The van der Waals surface area contributed by atoms with Crippen LogP contribution >= 0.6 is 11.3 Å². The molecule has 4 aromatic rings. The summed E-state index contributed by atoms with van der Waals surface area (Å²) in [4.78, 5) is 8.92. The van der Waals surface area contributed by atoms with Gasteiger partial charge in [-0.2, -0.15) is 5.26 Å². The second-order valence-electron chi connectivity index (χ2n) is 5.63. The van der Waals surface area contributed by atoms with Crippen molar-refractivity contribution in [3.63, 3.8) is 0 Å². The molecular formula is C20H14N4OS. The highest BCUT2D eigenvalue weighted by atomic mass is 32.1. The van der Waals surface area contributed by atoms with Crippen molar-refractivity contribution in [2.75, 3.05) is 12.8 Å². The Morgan fingerprint density at radius 2 is 1.85 bits per heavy atom. The molecule has 0 aliphatic rings. The summed E-state index contributed by atoms with van der Waals surface area (Å²) in [5, 5.41) is 10.4. The zero-order valence-electron chi connectivity index (χ0n) is 13.9. The number of hydrogen-bond acceptors (Lipinski definition) is 6. The Balaban J connectivity index is 2.00. The third-order valence-electron chi connectivity index (χ3n) is 4.12. The van der Waals surface area contributed by atoms with E-state index in [4.69, 9.17) is 15.5 Å². The van der Waals surface area contributed by atoms with Crippen LogP contribution in [0.4, 0.5) is 5.82 Å². The Morgan fingerprint density at radius 3 is 2.54 bits per heavy atom. The van der Waals surface area contributed by atoms with Crippen molar-refractivity contribution in [2.45, 2.75) is 0 Å². The number of nitrogen functional groups attached to an aromatic ring is 1. The number of nitrogens with zero attached hydrogens (tertiary/aromatic N) is 3. The maximum absolute atomic E-state index is 9.61. The first-order chi connectivity index (χ1) is 12.7. The molecule has 26 heavy (non-hydrogen) atoms. The highest BCUT2D eigenvalue weighted by Crippen LogP contribution is 2.41. The summed E-state index contributed by atoms with van der Waals surface area (Å²) in [6.45, 7) is 0. The monoisotopic (exact) mass is 358 g/mol. The van der Waals surface area contributed by atoms with Gasteiger partial charge in [-0.15, -0.1) is 11.3 Å². The van der Waals surface area contributed by atoms with E-state index in [1.54, 1.807) is 7.11 Å².